The lowest BCUT2D eigenvalue weighted by atomic mass is 10.2. The number of hydrogen-bond acceptors (Lipinski definition) is 6. The van der Waals surface area contributed by atoms with E-state index in [1.807, 2.05) is 49.4 Å². The van der Waals surface area contributed by atoms with Crippen LogP contribution < -0.4 is 20.1 Å². The van der Waals surface area contributed by atoms with E-state index in [0.29, 0.717) is 24.9 Å². The molecule has 0 spiro atoms. The number of ether oxygens (including phenoxy) is 2. The summed E-state index contributed by atoms with van der Waals surface area (Å²) in [5, 5.41) is 6.66. The van der Waals surface area contributed by atoms with Gasteiger partial charge in [0, 0.05) is 23.5 Å². The first-order valence-corrected chi connectivity index (χ1v) is 8.52. The molecule has 1 aliphatic heterocycles. The maximum atomic E-state index is 5.63. The molecule has 3 aromatic rings. The van der Waals surface area contributed by atoms with Crippen LogP contribution in [0.4, 0.5) is 23.0 Å². The quantitative estimate of drug-likeness (QED) is 0.730. The van der Waals surface area contributed by atoms with Crippen molar-refractivity contribution in [3.05, 3.63) is 59.9 Å². The summed E-state index contributed by atoms with van der Waals surface area (Å²) in [7, 11) is 0. The highest BCUT2D eigenvalue weighted by Crippen LogP contribution is 2.33. The van der Waals surface area contributed by atoms with E-state index in [0.717, 1.165) is 34.3 Å². The average molecular weight is 348 g/mol. The zero-order valence-electron chi connectivity index (χ0n) is 14.7. The standard InChI is InChI=1S/C20H20N4O2/c1-13-5-3-4-6-16(13)24-20-12-19(21-14(2)22-20)23-15-7-8-17-18(11-15)26-10-9-25-17/h3-8,11-12H,9-10H2,1-2H3,(H2,21,22,23,24). The van der Waals surface area contributed by atoms with E-state index in [1.54, 1.807) is 0 Å². The molecule has 2 N–H and O–H groups in total. The molecule has 0 unspecified atom stereocenters. The topological polar surface area (TPSA) is 68.3 Å². The summed E-state index contributed by atoms with van der Waals surface area (Å²) in [6.45, 7) is 5.08. The number of rotatable bonds is 4. The second-order valence-electron chi connectivity index (χ2n) is 6.11. The van der Waals surface area contributed by atoms with Crippen LogP contribution in [-0.4, -0.2) is 23.2 Å². The molecule has 1 aliphatic rings. The van der Waals surface area contributed by atoms with E-state index in [2.05, 4.69) is 33.6 Å². The number of aryl methyl sites for hydroxylation is 2. The molecule has 4 rings (SSSR count). The minimum Gasteiger partial charge on any atom is -0.486 e. The third kappa shape index (κ3) is 3.54. The Labute approximate surface area is 152 Å². The molecule has 0 aliphatic carbocycles. The fourth-order valence-corrected chi connectivity index (χ4v) is 2.82. The molecule has 0 saturated carbocycles. The first kappa shape index (κ1) is 16.2. The average Bonchev–Trinajstić information content (AvgIpc) is 2.63. The number of hydrogen-bond donors (Lipinski definition) is 2. The Kier molecular flexibility index (Phi) is 4.31. The normalized spacial score (nSPS) is 12.5. The van der Waals surface area contributed by atoms with Crippen LogP contribution in [-0.2, 0) is 0 Å². The van der Waals surface area contributed by atoms with Crippen molar-refractivity contribution in [1.82, 2.24) is 9.97 Å². The van der Waals surface area contributed by atoms with Crippen LogP contribution >= 0.6 is 0 Å². The van der Waals surface area contributed by atoms with Crippen LogP contribution in [0.1, 0.15) is 11.4 Å². The van der Waals surface area contributed by atoms with Crippen LogP contribution in [0.5, 0.6) is 11.5 Å². The molecule has 0 radical (unpaired) electrons. The minimum absolute atomic E-state index is 0.563. The molecule has 6 heteroatoms. The third-order valence-electron chi connectivity index (χ3n) is 4.06. The fraction of sp³-hybridized carbons (Fsp3) is 0.200. The fourth-order valence-electron chi connectivity index (χ4n) is 2.82. The van der Waals surface area contributed by atoms with E-state index < -0.39 is 0 Å². The highest BCUT2D eigenvalue weighted by molar-refractivity contribution is 5.66. The highest BCUT2D eigenvalue weighted by Gasteiger charge is 2.12. The molecule has 6 nitrogen and oxygen atoms in total. The molecule has 0 amide bonds. The van der Waals surface area contributed by atoms with Gasteiger partial charge in [-0.2, -0.15) is 0 Å². The smallest absolute Gasteiger partial charge is 0.163 e. The van der Waals surface area contributed by atoms with Gasteiger partial charge < -0.3 is 20.1 Å². The second-order valence-corrected chi connectivity index (χ2v) is 6.11. The van der Waals surface area contributed by atoms with Crippen molar-refractivity contribution in [2.75, 3.05) is 23.8 Å². The Balaban J connectivity index is 1.57. The highest BCUT2D eigenvalue weighted by atomic mass is 16.6. The van der Waals surface area contributed by atoms with Crippen molar-refractivity contribution in [2.24, 2.45) is 0 Å². The SMILES string of the molecule is Cc1nc(Nc2ccc3c(c2)OCCO3)cc(Nc2ccccc2C)n1. The lowest BCUT2D eigenvalue weighted by molar-refractivity contribution is 0.171. The van der Waals surface area contributed by atoms with Gasteiger partial charge in [-0.3, -0.25) is 0 Å². The van der Waals surface area contributed by atoms with Gasteiger partial charge in [0.2, 0.25) is 0 Å². The Hall–Kier alpha value is -3.28. The Morgan fingerprint density at radius 2 is 1.54 bits per heavy atom. The van der Waals surface area contributed by atoms with E-state index in [-0.39, 0.29) is 0 Å². The van der Waals surface area contributed by atoms with Crippen LogP contribution in [0.3, 0.4) is 0 Å². The molecular formula is C20H20N4O2. The third-order valence-corrected chi connectivity index (χ3v) is 4.06. The molecule has 1 aromatic heterocycles. The zero-order valence-corrected chi connectivity index (χ0v) is 14.7. The van der Waals surface area contributed by atoms with E-state index in [1.165, 1.54) is 0 Å². The number of nitrogens with one attached hydrogen (secondary N) is 2. The summed E-state index contributed by atoms with van der Waals surface area (Å²) in [4.78, 5) is 8.95. The van der Waals surface area contributed by atoms with Gasteiger partial charge in [0.05, 0.1) is 0 Å². The molecule has 132 valence electrons. The first-order valence-electron chi connectivity index (χ1n) is 8.52. The van der Waals surface area contributed by atoms with E-state index in [4.69, 9.17) is 9.47 Å². The van der Waals surface area contributed by atoms with Crippen molar-refractivity contribution in [2.45, 2.75) is 13.8 Å². The minimum atomic E-state index is 0.563. The van der Waals surface area contributed by atoms with Gasteiger partial charge in [0.1, 0.15) is 30.7 Å². The second kappa shape index (κ2) is 6.92. The molecule has 0 bridgehead atoms. The van der Waals surface area contributed by atoms with Crippen molar-refractivity contribution in [3.63, 3.8) is 0 Å². The predicted molar refractivity (Wildman–Crippen MR) is 102 cm³/mol. The molecule has 26 heavy (non-hydrogen) atoms. The Bertz CT molecular complexity index is 943. The van der Waals surface area contributed by atoms with Crippen LogP contribution in [0.2, 0.25) is 0 Å². The number of aromatic nitrogens is 2. The molecule has 0 saturated heterocycles. The maximum Gasteiger partial charge on any atom is 0.163 e. The number of anilines is 4. The van der Waals surface area contributed by atoms with Gasteiger partial charge in [-0.15, -0.1) is 0 Å². The van der Waals surface area contributed by atoms with Crippen molar-refractivity contribution in [1.29, 1.82) is 0 Å². The lowest BCUT2D eigenvalue weighted by Gasteiger charge is -2.19. The van der Waals surface area contributed by atoms with Gasteiger partial charge in [0.15, 0.2) is 11.5 Å². The number of benzene rings is 2. The Morgan fingerprint density at radius 3 is 2.35 bits per heavy atom. The van der Waals surface area contributed by atoms with E-state index >= 15 is 0 Å². The maximum absolute atomic E-state index is 5.63. The summed E-state index contributed by atoms with van der Waals surface area (Å²) in [5.74, 6) is 3.65. The van der Waals surface area contributed by atoms with Gasteiger partial charge in [0.25, 0.3) is 0 Å². The molecule has 2 heterocycles. The number of fused-ring (bicyclic) bond motifs is 1. The Morgan fingerprint density at radius 1 is 0.808 bits per heavy atom. The van der Waals surface area contributed by atoms with Gasteiger partial charge in [-0.05, 0) is 37.6 Å². The van der Waals surface area contributed by atoms with Crippen molar-refractivity contribution < 1.29 is 9.47 Å². The van der Waals surface area contributed by atoms with Gasteiger partial charge in [-0.25, -0.2) is 9.97 Å². The zero-order chi connectivity index (χ0) is 17.9. The molecule has 0 atom stereocenters. The van der Waals surface area contributed by atoms with Crippen molar-refractivity contribution in [3.8, 4) is 11.5 Å². The molecular weight excluding hydrogens is 328 g/mol. The van der Waals surface area contributed by atoms with Crippen LogP contribution in [0.25, 0.3) is 0 Å². The van der Waals surface area contributed by atoms with Gasteiger partial charge >= 0.3 is 0 Å². The monoisotopic (exact) mass is 348 g/mol. The predicted octanol–water partition coefficient (Wildman–Crippen LogP) is 4.35. The summed E-state index contributed by atoms with van der Waals surface area (Å²) in [5.41, 5.74) is 3.06. The lowest BCUT2D eigenvalue weighted by Crippen LogP contribution is -2.15. The van der Waals surface area contributed by atoms with Crippen molar-refractivity contribution >= 4 is 23.0 Å². The van der Waals surface area contributed by atoms with Crippen LogP contribution in [0, 0.1) is 13.8 Å². The summed E-state index contributed by atoms with van der Waals surface area (Å²) < 4.78 is 11.2. The summed E-state index contributed by atoms with van der Waals surface area (Å²) in [6.07, 6.45) is 0. The summed E-state index contributed by atoms with van der Waals surface area (Å²) in [6, 6.07) is 15.7. The van der Waals surface area contributed by atoms with E-state index in [9.17, 15) is 0 Å². The number of para-hydroxylation sites is 1. The van der Waals surface area contributed by atoms with Crippen LogP contribution in [0.15, 0.2) is 48.5 Å². The van der Waals surface area contributed by atoms with Gasteiger partial charge in [-0.1, -0.05) is 18.2 Å². The summed E-state index contributed by atoms with van der Waals surface area (Å²) >= 11 is 0. The largest absolute Gasteiger partial charge is 0.486 e. The molecule has 0 fully saturated rings. The molecule has 2 aromatic carbocycles. The first-order chi connectivity index (χ1) is 12.7. The number of nitrogens with zero attached hydrogens (tertiary/aromatic N) is 2.